The molecule has 0 aliphatic heterocycles. The lowest BCUT2D eigenvalue weighted by Gasteiger charge is -2.18. The minimum atomic E-state index is 0.000139. The molecule has 0 N–H and O–H groups in total. The fourth-order valence-corrected chi connectivity index (χ4v) is 0.983. The van der Waals surface area contributed by atoms with Gasteiger partial charge in [0, 0.05) is 16.3 Å². The lowest BCUT2D eigenvalue weighted by molar-refractivity contribution is 0.357. The van der Waals surface area contributed by atoms with Gasteiger partial charge in [-0.2, -0.15) is 5.10 Å². The standard InChI is InChI=1S/C7H10BBrN2/c1-7(2,3)11-4-5(9)6(8)10-11/h4H,1-3H3. The zero-order chi connectivity index (χ0) is 8.65. The van der Waals surface area contributed by atoms with Crippen molar-refractivity contribution in [1.29, 1.82) is 0 Å². The second-order valence-corrected chi connectivity index (χ2v) is 4.33. The Bertz CT molecular complexity index is 242. The van der Waals surface area contributed by atoms with Crippen molar-refractivity contribution < 1.29 is 0 Å². The molecule has 0 spiro atoms. The fraction of sp³-hybridized carbons (Fsp3) is 0.571. The summed E-state index contributed by atoms with van der Waals surface area (Å²) in [6.07, 6.45) is 1.88. The van der Waals surface area contributed by atoms with Crippen LogP contribution in [-0.4, -0.2) is 17.6 Å². The molecule has 58 valence electrons. The van der Waals surface area contributed by atoms with E-state index in [-0.39, 0.29) is 5.54 Å². The Morgan fingerprint density at radius 3 is 2.27 bits per heavy atom. The second kappa shape index (κ2) is 2.66. The van der Waals surface area contributed by atoms with Crippen LogP contribution in [0, 0.1) is 0 Å². The maximum atomic E-state index is 5.56. The first-order valence-corrected chi connectivity index (χ1v) is 4.21. The second-order valence-electron chi connectivity index (χ2n) is 3.48. The van der Waals surface area contributed by atoms with Crippen LogP contribution >= 0.6 is 15.9 Å². The van der Waals surface area contributed by atoms with E-state index >= 15 is 0 Å². The van der Waals surface area contributed by atoms with Gasteiger partial charge in [-0.25, -0.2) is 0 Å². The number of hydrogen-bond donors (Lipinski definition) is 0. The molecule has 0 aliphatic carbocycles. The third-order valence-corrected chi connectivity index (χ3v) is 1.99. The Labute approximate surface area is 76.5 Å². The molecule has 4 heteroatoms. The van der Waals surface area contributed by atoms with E-state index in [9.17, 15) is 0 Å². The molecule has 1 aromatic heterocycles. The summed E-state index contributed by atoms with van der Waals surface area (Å²) in [5.41, 5.74) is 0.542. The molecule has 1 heterocycles. The zero-order valence-corrected chi connectivity index (χ0v) is 8.51. The highest BCUT2D eigenvalue weighted by atomic mass is 79.9. The maximum Gasteiger partial charge on any atom is 0.145 e. The van der Waals surface area contributed by atoms with E-state index in [4.69, 9.17) is 7.85 Å². The van der Waals surface area contributed by atoms with Gasteiger partial charge in [0.15, 0.2) is 0 Å². The van der Waals surface area contributed by atoms with E-state index in [2.05, 4.69) is 41.8 Å². The van der Waals surface area contributed by atoms with Crippen molar-refractivity contribution in [3.63, 3.8) is 0 Å². The average molecular weight is 213 g/mol. The van der Waals surface area contributed by atoms with Crippen LogP contribution in [0.3, 0.4) is 0 Å². The molecule has 1 rings (SSSR count). The van der Waals surface area contributed by atoms with Crippen molar-refractivity contribution in [3.05, 3.63) is 10.7 Å². The first kappa shape index (κ1) is 8.85. The van der Waals surface area contributed by atoms with Gasteiger partial charge in [-0.3, -0.25) is 4.68 Å². The number of nitrogens with zero attached hydrogens (tertiary/aromatic N) is 2. The molecule has 0 saturated heterocycles. The third kappa shape index (κ3) is 1.86. The average Bonchev–Trinajstić information content (AvgIpc) is 2.11. The lowest BCUT2D eigenvalue weighted by atomic mass is 10.1. The Kier molecular flexibility index (Phi) is 2.14. The molecule has 0 aliphatic rings. The summed E-state index contributed by atoms with van der Waals surface area (Å²) in [5.74, 6) is 0. The number of hydrogen-bond acceptors (Lipinski definition) is 1. The van der Waals surface area contributed by atoms with Gasteiger partial charge >= 0.3 is 0 Å². The quantitative estimate of drug-likeness (QED) is 0.592. The molecular formula is C7H10BBrN2. The minimum Gasteiger partial charge on any atom is -0.267 e. The molecule has 2 nitrogen and oxygen atoms in total. The normalized spacial score (nSPS) is 12.0. The van der Waals surface area contributed by atoms with Crippen LogP contribution in [0.2, 0.25) is 0 Å². The van der Waals surface area contributed by atoms with Crippen LogP contribution in [-0.2, 0) is 5.54 Å². The van der Waals surface area contributed by atoms with Crippen LogP contribution in [0.1, 0.15) is 20.8 Å². The van der Waals surface area contributed by atoms with Gasteiger partial charge in [0.25, 0.3) is 0 Å². The predicted octanol–water partition coefficient (Wildman–Crippen LogP) is 1.19. The molecule has 0 fully saturated rings. The third-order valence-electron chi connectivity index (χ3n) is 1.38. The van der Waals surface area contributed by atoms with Crippen molar-refractivity contribution in [1.82, 2.24) is 9.78 Å². The van der Waals surface area contributed by atoms with E-state index in [1.807, 2.05) is 10.9 Å². The first-order valence-electron chi connectivity index (χ1n) is 3.42. The van der Waals surface area contributed by atoms with Gasteiger partial charge in [0.05, 0.1) is 5.54 Å². The molecule has 2 radical (unpaired) electrons. The van der Waals surface area contributed by atoms with E-state index in [1.54, 1.807) is 0 Å². The fourth-order valence-electron chi connectivity index (χ4n) is 0.710. The van der Waals surface area contributed by atoms with Crippen LogP contribution in [0.4, 0.5) is 0 Å². The molecule has 0 bridgehead atoms. The van der Waals surface area contributed by atoms with Crippen LogP contribution < -0.4 is 5.59 Å². The highest BCUT2D eigenvalue weighted by Crippen LogP contribution is 2.14. The maximum absolute atomic E-state index is 5.56. The SMILES string of the molecule is [B]c1nn(C(C)(C)C)cc1Br. The van der Waals surface area contributed by atoms with Gasteiger partial charge in [-0.05, 0) is 36.7 Å². The summed E-state index contributed by atoms with van der Waals surface area (Å²) in [4.78, 5) is 0. The van der Waals surface area contributed by atoms with Gasteiger partial charge in [-0.15, -0.1) is 0 Å². The largest absolute Gasteiger partial charge is 0.267 e. The highest BCUT2D eigenvalue weighted by molar-refractivity contribution is 9.10. The van der Waals surface area contributed by atoms with Gasteiger partial charge in [-0.1, -0.05) is 0 Å². The van der Waals surface area contributed by atoms with Crippen LogP contribution in [0.15, 0.2) is 10.7 Å². The van der Waals surface area contributed by atoms with E-state index in [1.165, 1.54) is 0 Å². The molecule has 0 amide bonds. The van der Waals surface area contributed by atoms with Crippen molar-refractivity contribution >= 4 is 29.4 Å². The van der Waals surface area contributed by atoms with E-state index in [0.29, 0.717) is 5.59 Å². The van der Waals surface area contributed by atoms with Crippen molar-refractivity contribution in [2.75, 3.05) is 0 Å². The predicted molar refractivity (Wildman–Crippen MR) is 50.3 cm³/mol. The Morgan fingerprint density at radius 1 is 1.55 bits per heavy atom. The smallest absolute Gasteiger partial charge is 0.145 e. The van der Waals surface area contributed by atoms with E-state index in [0.717, 1.165) is 4.47 Å². The zero-order valence-electron chi connectivity index (χ0n) is 6.93. The van der Waals surface area contributed by atoms with Crippen molar-refractivity contribution in [2.45, 2.75) is 26.3 Å². The molecule has 0 saturated carbocycles. The Balaban J connectivity index is 3.08. The summed E-state index contributed by atoms with van der Waals surface area (Å²) < 4.78 is 2.69. The Hall–Kier alpha value is -0.245. The van der Waals surface area contributed by atoms with Gasteiger partial charge in [0.1, 0.15) is 7.85 Å². The molecule has 1 aromatic rings. The molecular weight excluding hydrogens is 203 g/mol. The van der Waals surface area contributed by atoms with Gasteiger partial charge < -0.3 is 0 Å². The molecule has 11 heavy (non-hydrogen) atoms. The topological polar surface area (TPSA) is 17.8 Å². The molecule has 0 unspecified atom stereocenters. The Morgan fingerprint density at radius 2 is 2.09 bits per heavy atom. The summed E-state index contributed by atoms with van der Waals surface area (Å²) in [5, 5.41) is 4.13. The minimum absolute atomic E-state index is 0.000139. The summed E-state index contributed by atoms with van der Waals surface area (Å²) in [7, 11) is 5.56. The van der Waals surface area contributed by atoms with Gasteiger partial charge in [0.2, 0.25) is 0 Å². The number of halogens is 1. The van der Waals surface area contributed by atoms with Crippen molar-refractivity contribution in [2.24, 2.45) is 0 Å². The van der Waals surface area contributed by atoms with E-state index < -0.39 is 0 Å². The molecule has 0 atom stereocenters. The molecule has 0 aromatic carbocycles. The number of aromatic nitrogens is 2. The summed E-state index contributed by atoms with van der Waals surface area (Å²) in [6.45, 7) is 6.23. The van der Waals surface area contributed by atoms with Crippen molar-refractivity contribution in [3.8, 4) is 0 Å². The monoisotopic (exact) mass is 212 g/mol. The summed E-state index contributed by atoms with van der Waals surface area (Å²) >= 11 is 3.30. The lowest BCUT2D eigenvalue weighted by Crippen LogP contribution is -2.24. The van der Waals surface area contributed by atoms with Crippen LogP contribution in [0.25, 0.3) is 0 Å². The number of rotatable bonds is 0. The summed E-state index contributed by atoms with van der Waals surface area (Å²) in [6, 6.07) is 0. The van der Waals surface area contributed by atoms with Crippen LogP contribution in [0.5, 0.6) is 0 Å². The highest BCUT2D eigenvalue weighted by Gasteiger charge is 2.14. The first-order chi connectivity index (χ1) is 4.91.